The summed E-state index contributed by atoms with van der Waals surface area (Å²) in [6.45, 7) is 1.45. The molecule has 0 amide bonds. The third-order valence-corrected chi connectivity index (χ3v) is 2.39. The predicted octanol–water partition coefficient (Wildman–Crippen LogP) is 1.27. The van der Waals surface area contributed by atoms with Crippen LogP contribution in [-0.2, 0) is 37.9 Å². The number of rotatable bonds is 4. The van der Waals surface area contributed by atoms with Crippen LogP contribution in [0.5, 0.6) is 0 Å². The van der Waals surface area contributed by atoms with Gasteiger partial charge in [-0.1, -0.05) is 0 Å². The third kappa shape index (κ3) is 7.16. The van der Waals surface area contributed by atoms with Crippen molar-refractivity contribution in [3.05, 3.63) is 0 Å². The Morgan fingerprint density at radius 3 is 1.80 bits per heavy atom. The molecule has 0 bridgehead atoms. The van der Waals surface area contributed by atoms with Gasteiger partial charge in [-0.3, -0.25) is 0 Å². The van der Waals surface area contributed by atoms with Crippen molar-refractivity contribution in [3.63, 3.8) is 0 Å². The minimum absolute atomic E-state index is 0. The first-order chi connectivity index (χ1) is 4.12. The van der Waals surface area contributed by atoms with E-state index in [4.69, 9.17) is 13.9 Å². The fourth-order valence-electron chi connectivity index (χ4n) is 0.364. The quantitative estimate of drug-likeness (QED) is 0.578. The predicted molar refractivity (Wildman–Crippen MR) is 39.8 cm³/mol. The summed E-state index contributed by atoms with van der Waals surface area (Å²) in [7, 11) is 0. The van der Waals surface area contributed by atoms with E-state index in [9.17, 15) is 0 Å². The van der Waals surface area contributed by atoms with Crippen LogP contribution in [0.25, 0.3) is 0 Å². The molecule has 64 valence electrons. The van der Waals surface area contributed by atoms with Crippen LogP contribution in [0.15, 0.2) is 0 Å². The first-order valence-electron chi connectivity index (χ1n) is 2.74. The first-order valence-corrected chi connectivity index (χ1v) is 5.33. The van der Waals surface area contributed by atoms with Crippen LogP contribution in [0.2, 0.25) is 0 Å². The van der Waals surface area contributed by atoms with Crippen molar-refractivity contribution in [2.45, 2.75) is 13.8 Å². The van der Waals surface area contributed by atoms with Crippen molar-refractivity contribution in [2.24, 2.45) is 0 Å². The van der Waals surface area contributed by atoms with Crippen LogP contribution < -0.4 is 0 Å². The fraction of sp³-hybridized carbons (Fsp3) is 1.00. The van der Waals surface area contributed by atoms with Gasteiger partial charge in [0.05, 0.1) is 13.2 Å². The molecule has 0 atom stereocenters. The summed E-state index contributed by atoms with van der Waals surface area (Å²) >= 11 is 4.56. The Bertz CT molecular complexity index is 111. The molecular formula is C4H11FeO3PS. The molecule has 0 spiro atoms. The molecule has 0 aliphatic heterocycles. The Balaban J connectivity index is 0. The average Bonchev–Trinajstić information content (AvgIpc) is 1.64. The van der Waals surface area contributed by atoms with Gasteiger partial charge in [0.2, 0.25) is 0 Å². The van der Waals surface area contributed by atoms with Crippen LogP contribution in [0, 0.1) is 0 Å². The summed E-state index contributed by atoms with van der Waals surface area (Å²) in [6, 6.07) is 0. The minimum atomic E-state index is -2.86. The molecule has 6 heteroatoms. The Morgan fingerprint density at radius 1 is 1.30 bits per heavy atom. The maximum absolute atomic E-state index is 9.00. The van der Waals surface area contributed by atoms with Crippen molar-refractivity contribution in [1.29, 1.82) is 0 Å². The molecule has 0 aromatic rings. The largest absolute Gasteiger partial charge is 0.324 e. The molecule has 0 saturated carbocycles. The van der Waals surface area contributed by atoms with E-state index >= 15 is 0 Å². The Kier molecular flexibility index (Phi) is 9.19. The van der Waals surface area contributed by atoms with E-state index in [0.717, 1.165) is 0 Å². The number of hydrogen-bond acceptors (Lipinski definition) is 3. The summed E-state index contributed by atoms with van der Waals surface area (Å²) in [6.07, 6.45) is 0. The molecule has 0 aromatic carbocycles. The fourth-order valence-corrected chi connectivity index (χ4v) is 1.72. The molecule has 0 radical (unpaired) electrons. The molecule has 0 aliphatic carbocycles. The monoisotopic (exact) mass is 226 g/mol. The molecule has 0 aromatic heterocycles. The number of hydrogen-bond donors (Lipinski definition) is 1. The third-order valence-electron chi connectivity index (χ3n) is 0.584. The van der Waals surface area contributed by atoms with Gasteiger partial charge in [-0.15, -0.1) is 0 Å². The second kappa shape index (κ2) is 6.74. The SMILES string of the molecule is CCOP(O)(=S)OCC.[Fe]. The summed E-state index contributed by atoms with van der Waals surface area (Å²) in [5.41, 5.74) is 0. The van der Waals surface area contributed by atoms with Crippen LogP contribution >= 0.6 is 6.72 Å². The zero-order valence-electron chi connectivity index (χ0n) is 5.89. The Labute approximate surface area is 76.8 Å². The van der Waals surface area contributed by atoms with Gasteiger partial charge < -0.3 is 13.9 Å². The molecule has 1 N–H and O–H groups in total. The minimum Gasteiger partial charge on any atom is -0.324 e. The van der Waals surface area contributed by atoms with Gasteiger partial charge in [0.25, 0.3) is 0 Å². The van der Waals surface area contributed by atoms with Crippen molar-refractivity contribution in [2.75, 3.05) is 13.2 Å². The molecule has 0 saturated heterocycles. The van der Waals surface area contributed by atoms with E-state index in [1.807, 2.05) is 0 Å². The molecule has 0 unspecified atom stereocenters. The standard InChI is InChI=1S/C4H11O3PS.Fe/c1-3-6-8(5,9)7-4-2;/h3-4H2,1-2H3,(H,5,9);. The summed E-state index contributed by atoms with van der Waals surface area (Å²) in [5.74, 6) is 0. The molecule has 3 nitrogen and oxygen atoms in total. The van der Waals surface area contributed by atoms with Crippen molar-refractivity contribution in [1.82, 2.24) is 0 Å². The molecule has 0 rings (SSSR count). The van der Waals surface area contributed by atoms with Crippen LogP contribution in [0.1, 0.15) is 13.8 Å². The van der Waals surface area contributed by atoms with Gasteiger partial charge in [-0.05, 0) is 25.7 Å². The van der Waals surface area contributed by atoms with Gasteiger partial charge in [0.15, 0.2) is 0 Å². The zero-order valence-corrected chi connectivity index (χ0v) is 8.70. The van der Waals surface area contributed by atoms with E-state index < -0.39 is 6.72 Å². The van der Waals surface area contributed by atoms with Gasteiger partial charge in [-0.2, -0.15) is 0 Å². The second-order valence-electron chi connectivity index (χ2n) is 1.30. The van der Waals surface area contributed by atoms with Crippen LogP contribution in [-0.4, -0.2) is 18.1 Å². The smallest absolute Gasteiger partial charge is 0.324 e. The molecular weight excluding hydrogens is 215 g/mol. The summed E-state index contributed by atoms with van der Waals surface area (Å²) < 4.78 is 9.46. The maximum atomic E-state index is 9.00. The van der Waals surface area contributed by atoms with Crippen molar-refractivity contribution < 1.29 is 31.0 Å². The second-order valence-corrected chi connectivity index (χ2v) is 4.14. The molecule has 0 heterocycles. The molecule has 10 heavy (non-hydrogen) atoms. The van der Waals surface area contributed by atoms with Crippen LogP contribution in [0.3, 0.4) is 0 Å². The zero-order chi connectivity index (χ0) is 7.33. The topological polar surface area (TPSA) is 38.7 Å². The van der Waals surface area contributed by atoms with E-state index in [1.54, 1.807) is 13.8 Å². The first kappa shape index (κ1) is 13.6. The summed E-state index contributed by atoms with van der Waals surface area (Å²) in [5, 5.41) is 0. The van der Waals surface area contributed by atoms with Crippen molar-refractivity contribution in [3.8, 4) is 0 Å². The van der Waals surface area contributed by atoms with Crippen LogP contribution in [0.4, 0.5) is 0 Å². The van der Waals surface area contributed by atoms with E-state index in [-0.39, 0.29) is 17.1 Å². The Hall–Kier alpha value is 1.05. The normalized spacial score (nSPS) is 10.7. The van der Waals surface area contributed by atoms with E-state index in [2.05, 4.69) is 11.8 Å². The van der Waals surface area contributed by atoms with Gasteiger partial charge in [0.1, 0.15) is 0 Å². The van der Waals surface area contributed by atoms with Gasteiger partial charge in [0, 0.05) is 17.1 Å². The maximum Gasteiger partial charge on any atom is 0.324 e. The van der Waals surface area contributed by atoms with Crippen molar-refractivity contribution >= 4 is 18.5 Å². The average molecular weight is 226 g/mol. The van der Waals surface area contributed by atoms with Gasteiger partial charge >= 0.3 is 6.72 Å². The van der Waals surface area contributed by atoms with Gasteiger partial charge in [-0.25, -0.2) is 0 Å². The molecule has 0 fully saturated rings. The molecule has 0 aliphatic rings. The van der Waals surface area contributed by atoms with E-state index in [0.29, 0.717) is 13.2 Å². The summed E-state index contributed by atoms with van der Waals surface area (Å²) in [4.78, 5) is 9.00. The van der Waals surface area contributed by atoms with E-state index in [1.165, 1.54) is 0 Å². The Morgan fingerprint density at radius 2 is 1.60 bits per heavy atom.